The average molecular weight is 324 g/mol. The molecule has 0 bridgehead atoms. The lowest BCUT2D eigenvalue weighted by atomic mass is 10.4. The van der Waals surface area contributed by atoms with E-state index in [1.54, 1.807) is 7.05 Å². The lowest BCUT2D eigenvalue weighted by Gasteiger charge is -2.07. The molecule has 0 aromatic carbocycles. The van der Waals surface area contributed by atoms with E-state index in [-0.39, 0.29) is 5.28 Å². The number of hydrogen-bond donors (Lipinski definition) is 1. The van der Waals surface area contributed by atoms with Gasteiger partial charge in [-0.2, -0.15) is 15.0 Å². The summed E-state index contributed by atoms with van der Waals surface area (Å²) in [4.78, 5) is 12.4. The van der Waals surface area contributed by atoms with Crippen molar-refractivity contribution in [1.29, 1.82) is 0 Å². The van der Waals surface area contributed by atoms with Crippen molar-refractivity contribution >= 4 is 29.3 Å². The summed E-state index contributed by atoms with van der Waals surface area (Å²) in [7, 11) is 1.75. The van der Waals surface area contributed by atoms with Gasteiger partial charge in [-0.25, -0.2) is 0 Å². The molecule has 21 heavy (non-hydrogen) atoms. The molecule has 2 aliphatic carbocycles. The molecule has 2 aliphatic rings. The SMILES string of the molecule is CNc1nc(Cl)nc(Sc2nnc(C3CC3)n2C2CC2)n1. The third-order valence-electron chi connectivity index (χ3n) is 3.54. The van der Waals surface area contributed by atoms with Crippen LogP contribution in [0.15, 0.2) is 10.3 Å². The number of aromatic nitrogens is 6. The van der Waals surface area contributed by atoms with Gasteiger partial charge in [0.05, 0.1) is 0 Å². The van der Waals surface area contributed by atoms with Crippen LogP contribution in [0.5, 0.6) is 0 Å². The van der Waals surface area contributed by atoms with Crippen LogP contribution in [0.1, 0.15) is 43.5 Å². The van der Waals surface area contributed by atoms with E-state index in [0.717, 1.165) is 11.0 Å². The molecule has 0 amide bonds. The van der Waals surface area contributed by atoms with Gasteiger partial charge in [0.25, 0.3) is 0 Å². The average Bonchev–Trinajstić information content (AvgIpc) is 3.37. The predicted octanol–water partition coefficient (Wildman–Crippen LogP) is 2.52. The van der Waals surface area contributed by atoms with E-state index >= 15 is 0 Å². The molecule has 2 aromatic heterocycles. The molecule has 110 valence electrons. The van der Waals surface area contributed by atoms with Gasteiger partial charge in [-0.05, 0) is 49.0 Å². The van der Waals surface area contributed by atoms with Crippen molar-refractivity contribution in [3.8, 4) is 0 Å². The molecule has 9 heteroatoms. The largest absolute Gasteiger partial charge is 0.357 e. The highest BCUT2D eigenvalue weighted by atomic mass is 35.5. The Morgan fingerprint density at radius 1 is 1.14 bits per heavy atom. The van der Waals surface area contributed by atoms with Crippen molar-refractivity contribution in [2.75, 3.05) is 12.4 Å². The zero-order chi connectivity index (χ0) is 14.4. The molecule has 0 radical (unpaired) electrons. The van der Waals surface area contributed by atoms with Gasteiger partial charge in [0.2, 0.25) is 16.4 Å². The van der Waals surface area contributed by atoms with Crippen LogP contribution in [-0.4, -0.2) is 36.8 Å². The van der Waals surface area contributed by atoms with Crippen molar-refractivity contribution in [3.63, 3.8) is 0 Å². The Labute approximate surface area is 130 Å². The van der Waals surface area contributed by atoms with E-state index in [0.29, 0.717) is 23.1 Å². The first-order valence-electron chi connectivity index (χ1n) is 6.96. The van der Waals surface area contributed by atoms with Crippen LogP contribution in [0.25, 0.3) is 0 Å². The Morgan fingerprint density at radius 2 is 1.95 bits per heavy atom. The summed E-state index contributed by atoms with van der Waals surface area (Å²) in [6.45, 7) is 0. The van der Waals surface area contributed by atoms with Crippen molar-refractivity contribution in [1.82, 2.24) is 29.7 Å². The monoisotopic (exact) mass is 323 g/mol. The first-order chi connectivity index (χ1) is 10.2. The lowest BCUT2D eigenvalue weighted by molar-refractivity contribution is 0.626. The van der Waals surface area contributed by atoms with Gasteiger partial charge in [-0.3, -0.25) is 0 Å². The topological polar surface area (TPSA) is 81.4 Å². The maximum Gasteiger partial charge on any atom is 0.228 e. The second-order valence-electron chi connectivity index (χ2n) is 5.28. The van der Waals surface area contributed by atoms with Crippen LogP contribution < -0.4 is 5.32 Å². The van der Waals surface area contributed by atoms with E-state index in [1.165, 1.54) is 37.4 Å². The Hall–Kier alpha value is -1.41. The molecule has 4 rings (SSSR count). The third kappa shape index (κ3) is 2.69. The summed E-state index contributed by atoms with van der Waals surface area (Å²) in [5, 5.41) is 13.1. The molecular formula is C12H14ClN7S. The lowest BCUT2D eigenvalue weighted by Crippen LogP contribution is -2.03. The highest BCUT2D eigenvalue weighted by Gasteiger charge is 2.36. The number of nitrogens with zero attached hydrogens (tertiary/aromatic N) is 6. The fraction of sp³-hybridized carbons (Fsp3) is 0.583. The van der Waals surface area contributed by atoms with Crippen LogP contribution in [0.3, 0.4) is 0 Å². The Balaban J connectivity index is 1.66. The van der Waals surface area contributed by atoms with Gasteiger partial charge >= 0.3 is 0 Å². The molecule has 2 saturated carbocycles. The molecule has 2 fully saturated rings. The Morgan fingerprint density at radius 3 is 2.62 bits per heavy atom. The second-order valence-corrected chi connectivity index (χ2v) is 6.55. The van der Waals surface area contributed by atoms with E-state index < -0.39 is 0 Å². The van der Waals surface area contributed by atoms with Crippen molar-refractivity contribution in [2.24, 2.45) is 0 Å². The summed E-state index contributed by atoms with van der Waals surface area (Å²) in [6.07, 6.45) is 4.84. The Kier molecular flexibility index (Phi) is 3.22. The van der Waals surface area contributed by atoms with Gasteiger partial charge in [-0.1, -0.05) is 0 Å². The molecule has 1 N–H and O–H groups in total. The maximum absolute atomic E-state index is 5.92. The highest BCUT2D eigenvalue weighted by molar-refractivity contribution is 7.99. The molecule has 2 heterocycles. The summed E-state index contributed by atoms with van der Waals surface area (Å²) in [6, 6.07) is 0.541. The summed E-state index contributed by atoms with van der Waals surface area (Å²) in [5.41, 5.74) is 0. The molecular weight excluding hydrogens is 310 g/mol. The van der Waals surface area contributed by atoms with E-state index in [9.17, 15) is 0 Å². The van der Waals surface area contributed by atoms with Crippen LogP contribution in [0.2, 0.25) is 5.28 Å². The van der Waals surface area contributed by atoms with Crippen molar-refractivity contribution in [2.45, 2.75) is 48.0 Å². The number of nitrogens with one attached hydrogen (secondary N) is 1. The normalized spacial score (nSPS) is 18.0. The molecule has 7 nitrogen and oxygen atoms in total. The Bertz CT molecular complexity index is 680. The number of rotatable bonds is 5. The fourth-order valence-corrected chi connectivity index (χ4v) is 3.29. The van der Waals surface area contributed by atoms with Crippen LogP contribution in [-0.2, 0) is 0 Å². The van der Waals surface area contributed by atoms with Gasteiger partial charge in [-0.15, -0.1) is 10.2 Å². The van der Waals surface area contributed by atoms with Crippen molar-refractivity contribution < 1.29 is 0 Å². The minimum atomic E-state index is 0.178. The molecule has 2 aromatic rings. The van der Waals surface area contributed by atoms with Crippen LogP contribution >= 0.6 is 23.4 Å². The van der Waals surface area contributed by atoms with Gasteiger partial charge < -0.3 is 9.88 Å². The highest BCUT2D eigenvalue weighted by Crippen LogP contribution is 2.46. The molecule has 0 atom stereocenters. The smallest absolute Gasteiger partial charge is 0.228 e. The zero-order valence-electron chi connectivity index (χ0n) is 11.5. The second kappa shape index (κ2) is 5.10. The predicted molar refractivity (Wildman–Crippen MR) is 78.8 cm³/mol. The minimum Gasteiger partial charge on any atom is -0.357 e. The first kappa shape index (κ1) is 13.3. The summed E-state index contributed by atoms with van der Waals surface area (Å²) in [5.74, 6) is 2.16. The van der Waals surface area contributed by atoms with Crippen LogP contribution in [0, 0.1) is 0 Å². The maximum atomic E-state index is 5.92. The molecule has 0 unspecified atom stereocenters. The third-order valence-corrected chi connectivity index (χ3v) is 4.53. The van der Waals surface area contributed by atoms with E-state index in [2.05, 4.69) is 35.0 Å². The number of halogens is 1. The molecule has 0 saturated heterocycles. The standard InChI is InChI=1S/C12H14ClN7S/c1-14-10-15-9(13)16-11(17-10)21-12-19-18-8(6-2-3-6)20(12)7-4-5-7/h6-7H,2-5H2,1H3,(H,14,15,16,17). The van der Waals surface area contributed by atoms with E-state index in [1.807, 2.05) is 0 Å². The summed E-state index contributed by atoms with van der Waals surface area (Å²) >= 11 is 7.31. The van der Waals surface area contributed by atoms with Crippen LogP contribution in [0.4, 0.5) is 5.95 Å². The van der Waals surface area contributed by atoms with Gasteiger partial charge in [0, 0.05) is 19.0 Å². The van der Waals surface area contributed by atoms with Gasteiger partial charge in [0.1, 0.15) is 5.82 Å². The summed E-state index contributed by atoms with van der Waals surface area (Å²) < 4.78 is 2.26. The number of hydrogen-bond acceptors (Lipinski definition) is 7. The van der Waals surface area contributed by atoms with Gasteiger partial charge in [0.15, 0.2) is 5.16 Å². The minimum absolute atomic E-state index is 0.178. The molecule has 0 aliphatic heterocycles. The molecule has 0 spiro atoms. The fourth-order valence-electron chi connectivity index (χ4n) is 2.22. The van der Waals surface area contributed by atoms with E-state index in [4.69, 9.17) is 11.6 Å². The quantitative estimate of drug-likeness (QED) is 0.905. The number of anilines is 1. The van der Waals surface area contributed by atoms with Crippen molar-refractivity contribution in [3.05, 3.63) is 11.1 Å². The zero-order valence-corrected chi connectivity index (χ0v) is 13.0. The first-order valence-corrected chi connectivity index (χ1v) is 8.16.